The second kappa shape index (κ2) is 8.12. The highest BCUT2D eigenvalue weighted by molar-refractivity contribution is 5.93. The number of nitrogens with zero attached hydrogens (tertiary/aromatic N) is 1. The first-order valence-electron chi connectivity index (χ1n) is 8.87. The summed E-state index contributed by atoms with van der Waals surface area (Å²) in [7, 11) is 1.63. The fraction of sp³-hybridized carbons (Fsp3) is 0.778. The number of oxime groups is 1. The number of fused-ring (bicyclic) bond motifs is 4. The molecule has 0 unspecified atom stereocenters. The number of carbonyl (C=O) groups excluding carboxylic acids is 1. The van der Waals surface area contributed by atoms with Gasteiger partial charge in [-0.2, -0.15) is 0 Å². The van der Waals surface area contributed by atoms with Gasteiger partial charge in [0.25, 0.3) is 0 Å². The minimum atomic E-state index is -0.591. The maximum atomic E-state index is 12.2. The molecule has 1 saturated carbocycles. The molecule has 0 aromatic carbocycles. The predicted octanol–water partition coefficient (Wildman–Crippen LogP) is 2.82. The van der Waals surface area contributed by atoms with Crippen LogP contribution in [0.2, 0.25) is 0 Å². The molecule has 134 valence electrons. The SMILES string of the molecule is COCO[C@H]1C[C@H]2/C=C/CCC[C@H](C)OC(=O)[C@H]3CC(=NO3)[C@@H]2C1. The molecule has 2 heterocycles. The molecule has 1 aliphatic carbocycles. The smallest absolute Gasteiger partial charge is 0.350 e. The Labute approximate surface area is 143 Å². The molecule has 0 N–H and O–H groups in total. The summed E-state index contributed by atoms with van der Waals surface area (Å²) in [6, 6.07) is 0. The molecule has 5 atom stereocenters. The van der Waals surface area contributed by atoms with Crippen LogP contribution in [0.4, 0.5) is 0 Å². The van der Waals surface area contributed by atoms with Gasteiger partial charge in [-0.25, -0.2) is 4.79 Å². The number of allylic oxidation sites excluding steroid dienone is 2. The van der Waals surface area contributed by atoms with Gasteiger partial charge in [-0.15, -0.1) is 0 Å². The number of carbonyl (C=O) groups is 1. The molecule has 0 aromatic rings. The van der Waals surface area contributed by atoms with Crippen LogP contribution < -0.4 is 0 Å². The third-order valence-electron chi connectivity index (χ3n) is 5.05. The standard InChI is InChI=1S/C18H27NO5/c1-12-6-4-3-5-7-13-8-14(22-11-21-2)9-15(13)16-10-17(24-19-16)18(20)23-12/h5,7,12-15,17H,3-4,6,8-11H2,1-2H3/b7-5+/t12-,13+,14-,15+,17+/m0/s1. The van der Waals surface area contributed by atoms with Gasteiger partial charge < -0.3 is 19.0 Å². The molecule has 6 heteroatoms. The third-order valence-corrected chi connectivity index (χ3v) is 5.05. The van der Waals surface area contributed by atoms with Crippen molar-refractivity contribution in [3.63, 3.8) is 0 Å². The van der Waals surface area contributed by atoms with E-state index in [2.05, 4.69) is 17.3 Å². The van der Waals surface area contributed by atoms with Crippen LogP contribution in [0.5, 0.6) is 0 Å². The summed E-state index contributed by atoms with van der Waals surface area (Å²) in [6.07, 6.45) is 9.27. The van der Waals surface area contributed by atoms with Crippen LogP contribution in [0, 0.1) is 11.8 Å². The van der Waals surface area contributed by atoms with Crippen molar-refractivity contribution in [2.75, 3.05) is 13.9 Å². The second-order valence-corrected chi connectivity index (χ2v) is 6.92. The maximum absolute atomic E-state index is 12.2. The van der Waals surface area contributed by atoms with E-state index in [4.69, 9.17) is 19.0 Å². The molecule has 1 fully saturated rings. The summed E-state index contributed by atoms with van der Waals surface area (Å²) in [5, 5.41) is 4.21. The second-order valence-electron chi connectivity index (χ2n) is 6.92. The average Bonchev–Trinajstić information content (AvgIpc) is 3.18. The Hall–Kier alpha value is -1.40. The lowest BCUT2D eigenvalue weighted by Gasteiger charge is -2.15. The predicted molar refractivity (Wildman–Crippen MR) is 88.4 cm³/mol. The van der Waals surface area contributed by atoms with E-state index in [1.54, 1.807) is 7.11 Å². The highest BCUT2D eigenvalue weighted by Gasteiger charge is 2.41. The molecule has 3 aliphatic rings. The maximum Gasteiger partial charge on any atom is 0.350 e. The van der Waals surface area contributed by atoms with Gasteiger partial charge in [-0.05, 0) is 44.9 Å². The zero-order chi connectivity index (χ0) is 16.9. The third kappa shape index (κ3) is 4.16. The van der Waals surface area contributed by atoms with Crippen LogP contribution in [-0.4, -0.2) is 43.9 Å². The van der Waals surface area contributed by atoms with E-state index >= 15 is 0 Å². The van der Waals surface area contributed by atoms with Crippen molar-refractivity contribution in [2.24, 2.45) is 17.0 Å². The van der Waals surface area contributed by atoms with Gasteiger partial charge in [0.15, 0.2) is 0 Å². The van der Waals surface area contributed by atoms with Gasteiger partial charge in [0.2, 0.25) is 6.10 Å². The Morgan fingerprint density at radius 3 is 3.08 bits per heavy atom. The zero-order valence-electron chi connectivity index (χ0n) is 14.5. The van der Waals surface area contributed by atoms with Crippen molar-refractivity contribution in [3.05, 3.63) is 12.2 Å². The number of rotatable bonds is 3. The van der Waals surface area contributed by atoms with Gasteiger partial charge >= 0.3 is 5.97 Å². The van der Waals surface area contributed by atoms with E-state index in [9.17, 15) is 4.79 Å². The van der Waals surface area contributed by atoms with Crippen LogP contribution in [0.1, 0.15) is 45.4 Å². The highest BCUT2D eigenvalue weighted by atomic mass is 16.7. The van der Waals surface area contributed by atoms with Gasteiger partial charge in [-0.1, -0.05) is 17.3 Å². The Morgan fingerprint density at radius 1 is 1.38 bits per heavy atom. The molecule has 6 nitrogen and oxygen atoms in total. The Balaban J connectivity index is 1.72. The Morgan fingerprint density at radius 2 is 2.25 bits per heavy atom. The van der Waals surface area contributed by atoms with E-state index in [1.807, 2.05) is 6.92 Å². The molecule has 2 aliphatic heterocycles. The van der Waals surface area contributed by atoms with E-state index in [0.717, 1.165) is 37.8 Å². The summed E-state index contributed by atoms with van der Waals surface area (Å²) < 4.78 is 16.3. The molecular weight excluding hydrogens is 310 g/mol. The van der Waals surface area contributed by atoms with Gasteiger partial charge in [0.05, 0.1) is 17.9 Å². The van der Waals surface area contributed by atoms with E-state index in [-0.39, 0.29) is 24.1 Å². The first-order valence-corrected chi connectivity index (χ1v) is 8.87. The lowest BCUT2D eigenvalue weighted by molar-refractivity contribution is -0.160. The molecule has 0 amide bonds. The summed E-state index contributed by atoms with van der Waals surface area (Å²) in [5.41, 5.74) is 0.960. The lowest BCUT2D eigenvalue weighted by Crippen LogP contribution is -2.28. The topological polar surface area (TPSA) is 66.4 Å². The minimum Gasteiger partial charge on any atom is -0.460 e. The number of cyclic esters (lactones) is 1. The number of hydrogen-bond donors (Lipinski definition) is 0. The van der Waals surface area contributed by atoms with Crippen LogP contribution >= 0.6 is 0 Å². The van der Waals surface area contributed by atoms with Crippen molar-refractivity contribution >= 4 is 11.7 Å². The average molecular weight is 337 g/mol. The largest absolute Gasteiger partial charge is 0.460 e. The molecule has 0 radical (unpaired) electrons. The van der Waals surface area contributed by atoms with Crippen molar-refractivity contribution < 1.29 is 23.8 Å². The molecule has 2 bridgehead atoms. The summed E-state index contributed by atoms with van der Waals surface area (Å²) in [5.74, 6) is 0.344. The molecular formula is C18H27NO5. The van der Waals surface area contributed by atoms with Gasteiger partial charge in [0, 0.05) is 19.4 Å². The number of ether oxygens (including phenoxy) is 3. The van der Waals surface area contributed by atoms with Crippen molar-refractivity contribution in [2.45, 2.75) is 63.8 Å². The normalized spacial score (nSPS) is 38.0. The molecule has 3 rings (SSSR count). The van der Waals surface area contributed by atoms with E-state index in [1.165, 1.54) is 0 Å². The van der Waals surface area contributed by atoms with Crippen LogP contribution in [0.3, 0.4) is 0 Å². The zero-order valence-corrected chi connectivity index (χ0v) is 14.5. The first kappa shape index (κ1) is 17.4. The monoisotopic (exact) mass is 337 g/mol. The Bertz CT molecular complexity index is 504. The minimum absolute atomic E-state index is 0.0781. The van der Waals surface area contributed by atoms with Gasteiger partial charge in [-0.3, -0.25) is 0 Å². The fourth-order valence-corrected chi connectivity index (χ4v) is 3.79. The van der Waals surface area contributed by atoms with E-state index in [0.29, 0.717) is 19.1 Å². The van der Waals surface area contributed by atoms with Crippen molar-refractivity contribution in [3.8, 4) is 0 Å². The summed E-state index contributed by atoms with van der Waals surface area (Å²) in [4.78, 5) is 17.6. The van der Waals surface area contributed by atoms with Crippen molar-refractivity contribution in [1.82, 2.24) is 0 Å². The molecule has 24 heavy (non-hydrogen) atoms. The van der Waals surface area contributed by atoms with Crippen LogP contribution in [-0.2, 0) is 23.8 Å². The lowest BCUT2D eigenvalue weighted by atomic mass is 9.88. The van der Waals surface area contributed by atoms with Gasteiger partial charge in [0.1, 0.15) is 6.79 Å². The molecule has 0 spiro atoms. The quantitative estimate of drug-likeness (QED) is 0.450. The van der Waals surface area contributed by atoms with Crippen molar-refractivity contribution in [1.29, 1.82) is 0 Å². The molecule has 0 aromatic heterocycles. The van der Waals surface area contributed by atoms with Crippen LogP contribution in [0.15, 0.2) is 17.3 Å². The fourth-order valence-electron chi connectivity index (χ4n) is 3.79. The summed E-state index contributed by atoms with van der Waals surface area (Å²) in [6.45, 7) is 2.24. The van der Waals surface area contributed by atoms with Crippen LogP contribution in [0.25, 0.3) is 0 Å². The Kier molecular flexibility index (Phi) is 5.89. The first-order chi connectivity index (χ1) is 11.7. The highest BCUT2D eigenvalue weighted by Crippen LogP contribution is 2.38. The molecule has 0 saturated heterocycles. The number of hydrogen-bond acceptors (Lipinski definition) is 6. The summed E-state index contributed by atoms with van der Waals surface area (Å²) >= 11 is 0. The van der Waals surface area contributed by atoms with E-state index < -0.39 is 6.10 Å². The number of methoxy groups -OCH3 is 1. The number of esters is 1.